The van der Waals surface area contributed by atoms with Crippen LogP contribution in [0.4, 0.5) is 0 Å². The number of carbonyl (C=O) groups is 1. The third kappa shape index (κ3) is 5.64. The number of likely N-dealkylation sites (tertiary alicyclic amines) is 1. The van der Waals surface area contributed by atoms with Crippen LogP contribution in [0, 0.1) is 0 Å². The first-order valence-corrected chi connectivity index (χ1v) is 12.2. The van der Waals surface area contributed by atoms with Gasteiger partial charge in [0.25, 0.3) is 0 Å². The number of hydrogen-bond donors (Lipinski definition) is 0. The van der Waals surface area contributed by atoms with Gasteiger partial charge in [0.2, 0.25) is 5.91 Å². The second kappa shape index (κ2) is 9.18. The summed E-state index contributed by atoms with van der Waals surface area (Å²) in [6.45, 7) is 5.28. The van der Waals surface area contributed by atoms with Crippen LogP contribution < -0.4 is 0 Å². The van der Waals surface area contributed by atoms with Gasteiger partial charge in [0.15, 0.2) is 9.84 Å². The fraction of sp³-hybridized carbons (Fsp3) is 0.476. The average molecular weight is 422 g/mol. The number of sulfone groups is 1. The van der Waals surface area contributed by atoms with Crippen molar-refractivity contribution in [1.82, 2.24) is 4.90 Å². The van der Waals surface area contributed by atoms with E-state index in [0.717, 1.165) is 5.56 Å². The van der Waals surface area contributed by atoms with Crippen molar-refractivity contribution in [2.24, 2.45) is 0 Å². The number of piperidine rings is 1. The summed E-state index contributed by atoms with van der Waals surface area (Å²) in [6, 6.07) is 11.5. The number of thioether (sulfide) groups is 1. The molecule has 1 fully saturated rings. The van der Waals surface area contributed by atoms with Crippen LogP contribution in [0.5, 0.6) is 0 Å². The maximum Gasteiger partial charge on any atom is 0.226 e. The molecule has 5 nitrogen and oxygen atoms in total. The van der Waals surface area contributed by atoms with Crippen LogP contribution in [-0.2, 0) is 26.8 Å². The molecule has 0 spiro atoms. The van der Waals surface area contributed by atoms with E-state index in [9.17, 15) is 13.2 Å². The maximum atomic E-state index is 12.6. The van der Waals surface area contributed by atoms with E-state index in [1.807, 2.05) is 12.1 Å². The van der Waals surface area contributed by atoms with Crippen LogP contribution in [0.1, 0.15) is 38.0 Å². The van der Waals surface area contributed by atoms with Gasteiger partial charge in [-0.25, -0.2) is 8.42 Å². The van der Waals surface area contributed by atoms with E-state index in [0.29, 0.717) is 43.4 Å². The predicted octanol–water partition coefficient (Wildman–Crippen LogP) is 3.93. The van der Waals surface area contributed by atoms with Crippen molar-refractivity contribution < 1.29 is 17.6 Å². The molecule has 1 aliphatic heterocycles. The van der Waals surface area contributed by atoms with Crippen LogP contribution in [0.15, 0.2) is 52.0 Å². The molecule has 0 N–H and O–H groups in total. The van der Waals surface area contributed by atoms with E-state index in [4.69, 9.17) is 4.42 Å². The number of rotatable bonds is 7. The SMILES string of the molecule is CC(C)Sc1ccc(CC(=O)N2CCC(S(=O)(=O)Cc3ccco3)CC2)cc1. The minimum atomic E-state index is -3.26. The summed E-state index contributed by atoms with van der Waals surface area (Å²) in [5.41, 5.74) is 0.991. The molecule has 0 aliphatic carbocycles. The fourth-order valence-corrected chi connectivity index (χ4v) is 5.98. The molecule has 28 heavy (non-hydrogen) atoms. The molecule has 3 rings (SSSR count). The summed E-state index contributed by atoms with van der Waals surface area (Å²) >= 11 is 1.80. The third-order valence-electron chi connectivity index (χ3n) is 4.88. The van der Waals surface area contributed by atoms with Gasteiger partial charge >= 0.3 is 0 Å². The van der Waals surface area contributed by atoms with Crippen LogP contribution in [0.25, 0.3) is 0 Å². The van der Waals surface area contributed by atoms with Crippen molar-refractivity contribution >= 4 is 27.5 Å². The summed E-state index contributed by atoms with van der Waals surface area (Å²) in [7, 11) is -3.26. The summed E-state index contributed by atoms with van der Waals surface area (Å²) < 4.78 is 30.3. The minimum absolute atomic E-state index is 0.0612. The van der Waals surface area contributed by atoms with E-state index in [2.05, 4.69) is 26.0 Å². The monoisotopic (exact) mass is 421 g/mol. The highest BCUT2D eigenvalue weighted by Gasteiger charge is 2.32. The molecular weight excluding hydrogens is 394 g/mol. The molecule has 7 heteroatoms. The highest BCUT2D eigenvalue weighted by atomic mass is 32.2. The average Bonchev–Trinajstić information content (AvgIpc) is 3.15. The van der Waals surface area contributed by atoms with Crippen molar-refractivity contribution in [2.75, 3.05) is 13.1 Å². The highest BCUT2D eigenvalue weighted by molar-refractivity contribution is 7.99. The van der Waals surface area contributed by atoms with Crippen molar-refractivity contribution in [2.45, 2.75) is 54.3 Å². The number of carbonyl (C=O) groups excluding carboxylic acids is 1. The van der Waals surface area contributed by atoms with E-state index in [-0.39, 0.29) is 11.7 Å². The number of hydrogen-bond acceptors (Lipinski definition) is 5. The Kier molecular flexibility index (Phi) is 6.88. The smallest absolute Gasteiger partial charge is 0.226 e. The number of amides is 1. The van der Waals surface area contributed by atoms with Crippen LogP contribution in [0.2, 0.25) is 0 Å². The highest BCUT2D eigenvalue weighted by Crippen LogP contribution is 2.24. The largest absolute Gasteiger partial charge is 0.468 e. The molecule has 0 radical (unpaired) electrons. The Hall–Kier alpha value is -1.73. The van der Waals surface area contributed by atoms with E-state index >= 15 is 0 Å². The lowest BCUT2D eigenvalue weighted by atomic mass is 10.1. The summed E-state index contributed by atoms with van der Waals surface area (Å²) in [5.74, 6) is 0.461. The third-order valence-corrected chi connectivity index (χ3v) is 8.07. The molecule has 1 aromatic heterocycles. The standard InChI is InChI=1S/C21H27NO4S2/c1-16(2)27-19-7-5-17(6-8-19)14-21(23)22-11-9-20(10-12-22)28(24,25)15-18-4-3-13-26-18/h3-8,13,16,20H,9-12,14-15H2,1-2H3. The van der Waals surface area contributed by atoms with Crippen LogP contribution in [0.3, 0.4) is 0 Å². The zero-order valence-corrected chi connectivity index (χ0v) is 18.0. The van der Waals surface area contributed by atoms with Gasteiger partial charge in [0.1, 0.15) is 11.5 Å². The predicted molar refractivity (Wildman–Crippen MR) is 112 cm³/mol. The zero-order chi connectivity index (χ0) is 20.1. The first-order valence-electron chi connectivity index (χ1n) is 9.61. The van der Waals surface area contributed by atoms with Crippen LogP contribution in [-0.4, -0.2) is 42.8 Å². The summed E-state index contributed by atoms with van der Waals surface area (Å²) in [6.07, 6.45) is 2.81. The molecule has 1 amide bonds. The molecule has 2 heterocycles. The van der Waals surface area contributed by atoms with Gasteiger partial charge in [-0.2, -0.15) is 0 Å². The molecular formula is C21H27NO4S2. The molecule has 0 unspecified atom stereocenters. The van der Waals surface area contributed by atoms with Gasteiger partial charge in [0, 0.05) is 23.2 Å². The molecule has 0 saturated carbocycles. The Morgan fingerprint density at radius 3 is 2.43 bits per heavy atom. The van der Waals surface area contributed by atoms with Crippen molar-refractivity contribution in [3.05, 3.63) is 54.0 Å². The molecule has 1 aliphatic rings. The van der Waals surface area contributed by atoms with E-state index < -0.39 is 15.1 Å². The minimum Gasteiger partial charge on any atom is -0.468 e. The lowest BCUT2D eigenvalue weighted by molar-refractivity contribution is -0.131. The quantitative estimate of drug-likeness (QED) is 0.634. The molecule has 152 valence electrons. The van der Waals surface area contributed by atoms with Crippen LogP contribution >= 0.6 is 11.8 Å². The molecule has 2 aromatic rings. The number of benzene rings is 1. The maximum absolute atomic E-state index is 12.6. The Labute approximate surface area is 171 Å². The fourth-order valence-electron chi connectivity index (χ4n) is 3.42. The van der Waals surface area contributed by atoms with Crippen molar-refractivity contribution in [3.63, 3.8) is 0 Å². The normalized spacial score (nSPS) is 15.9. The van der Waals surface area contributed by atoms with Gasteiger partial charge in [-0.15, -0.1) is 11.8 Å². The first-order chi connectivity index (χ1) is 13.3. The summed E-state index contributed by atoms with van der Waals surface area (Å²) in [5, 5.41) is 0.117. The van der Waals surface area contributed by atoms with Gasteiger partial charge in [-0.1, -0.05) is 26.0 Å². The molecule has 0 bridgehead atoms. The van der Waals surface area contributed by atoms with Gasteiger partial charge in [-0.05, 0) is 42.7 Å². The Bertz CT molecular complexity index is 866. The Balaban J connectivity index is 1.51. The second-order valence-corrected chi connectivity index (χ2v) is 11.4. The molecule has 0 atom stereocenters. The molecule has 1 aromatic carbocycles. The lowest BCUT2D eigenvalue weighted by Crippen LogP contribution is -2.43. The molecule has 1 saturated heterocycles. The Morgan fingerprint density at radius 1 is 1.18 bits per heavy atom. The van der Waals surface area contributed by atoms with Crippen molar-refractivity contribution in [1.29, 1.82) is 0 Å². The van der Waals surface area contributed by atoms with Gasteiger partial charge in [0.05, 0.1) is 17.9 Å². The number of furan rings is 1. The number of nitrogens with zero attached hydrogens (tertiary/aromatic N) is 1. The van der Waals surface area contributed by atoms with E-state index in [1.54, 1.807) is 28.8 Å². The first kappa shape index (κ1) is 21.0. The summed E-state index contributed by atoms with van der Waals surface area (Å²) in [4.78, 5) is 15.6. The topological polar surface area (TPSA) is 67.6 Å². The van der Waals surface area contributed by atoms with Crippen molar-refractivity contribution in [3.8, 4) is 0 Å². The lowest BCUT2D eigenvalue weighted by Gasteiger charge is -2.31. The van der Waals surface area contributed by atoms with Gasteiger partial charge < -0.3 is 9.32 Å². The van der Waals surface area contributed by atoms with Gasteiger partial charge in [-0.3, -0.25) is 4.79 Å². The second-order valence-electron chi connectivity index (χ2n) is 7.45. The van der Waals surface area contributed by atoms with E-state index in [1.165, 1.54) is 11.2 Å². The zero-order valence-electron chi connectivity index (χ0n) is 16.3. The Morgan fingerprint density at radius 2 is 1.86 bits per heavy atom.